The predicted octanol–water partition coefficient (Wildman–Crippen LogP) is 4.90. The fourth-order valence-corrected chi connectivity index (χ4v) is 3.62. The number of hydrogen-bond donors (Lipinski definition) is 0. The van der Waals surface area contributed by atoms with Gasteiger partial charge in [-0.25, -0.2) is 4.79 Å². The van der Waals surface area contributed by atoms with Crippen LogP contribution in [-0.2, 0) is 17.6 Å². The van der Waals surface area contributed by atoms with Gasteiger partial charge in [-0.3, -0.25) is 9.36 Å². The molecule has 0 unspecified atom stereocenters. The monoisotopic (exact) mass is 383 g/mol. The molecule has 0 N–H and O–H groups in total. The third kappa shape index (κ3) is 3.69. The van der Waals surface area contributed by atoms with E-state index < -0.39 is 5.97 Å². The first kappa shape index (κ1) is 18.7. The maximum Gasteiger partial charge on any atom is 0.340 e. The van der Waals surface area contributed by atoms with E-state index in [1.54, 1.807) is 10.8 Å². The van der Waals surface area contributed by atoms with Gasteiger partial charge in [-0.15, -0.1) is 0 Å². The van der Waals surface area contributed by atoms with E-state index in [9.17, 15) is 9.59 Å². The first-order valence-corrected chi connectivity index (χ1v) is 9.54. The quantitative estimate of drug-likeness (QED) is 0.461. The number of rotatable bonds is 5. The predicted molar refractivity (Wildman–Crippen MR) is 113 cm³/mol. The molecule has 29 heavy (non-hydrogen) atoms. The number of aromatic nitrogens is 1. The van der Waals surface area contributed by atoms with Gasteiger partial charge < -0.3 is 4.74 Å². The summed E-state index contributed by atoms with van der Waals surface area (Å²) >= 11 is 0. The zero-order chi connectivity index (χ0) is 20.2. The maximum absolute atomic E-state index is 13.4. The number of aryl methyl sites for hydroxylation is 2. The molecule has 0 aliphatic heterocycles. The minimum absolute atomic E-state index is 0.153. The third-order valence-electron chi connectivity index (χ3n) is 5.11. The number of carbonyl (C=O) groups excluding carboxylic acids is 2. The van der Waals surface area contributed by atoms with Gasteiger partial charge in [0.2, 0.25) is 0 Å². The Morgan fingerprint density at radius 1 is 0.793 bits per heavy atom. The summed E-state index contributed by atoms with van der Waals surface area (Å²) in [6.07, 6.45) is 3.19. The van der Waals surface area contributed by atoms with Crippen molar-refractivity contribution >= 4 is 22.8 Å². The molecule has 1 heterocycles. The van der Waals surface area contributed by atoms with Crippen LogP contribution in [0.15, 0.2) is 85.1 Å². The first-order valence-electron chi connectivity index (χ1n) is 9.54. The molecule has 0 amide bonds. The largest absolute Gasteiger partial charge is 0.465 e. The zero-order valence-corrected chi connectivity index (χ0v) is 16.2. The number of ether oxygens (including phenoxy) is 1. The molecule has 3 aromatic carbocycles. The molecule has 1 aromatic heterocycles. The Balaban J connectivity index is 1.71. The lowest BCUT2D eigenvalue weighted by Gasteiger charge is -2.10. The molecule has 0 saturated carbocycles. The van der Waals surface area contributed by atoms with E-state index in [-0.39, 0.29) is 5.91 Å². The van der Waals surface area contributed by atoms with Crippen LogP contribution in [0.4, 0.5) is 0 Å². The van der Waals surface area contributed by atoms with Crippen LogP contribution in [0.25, 0.3) is 10.9 Å². The summed E-state index contributed by atoms with van der Waals surface area (Å²) in [5.41, 5.74) is 3.93. The molecule has 0 aliphatic rings. The number of hydrogen-bond acceptors (Lipinski definition) is 3. The minimum atomic E-state index is -0.454. The van der Waals surface area contributed by atoms with Crippen LogP contribution >= 0.6 is 0 Å². The first-order chi connectivity index (χ1) is 14.2. The summed E-state index contributed by atoms with van der Waals surface area (Å²) in [4.78, 5) is 25.6. The van der Waals surface area contributed by atoms with E-state index in [4.69, 9.17) is 4.74 Å². The van der Waals surface area contributed by atoms with Gasteiger partial charge in [0.25, 0.3) is 5.91 Å². The lowest BCUT2D eigenvalue weighted by atomic mass is 9.99. The molecule has 0 fully saturated rings. The molecule has 0 bridgehead atoms. The van der Waals surface area contributed by atoms with E-state index in [0.717, 1.165) is 18.4 Å². The number of para-hydroxylation sites is 1. The Labute approximate surface area is 169 Å². The fraction of sp³-hybridized carbons (Fsp3) is 0.120. The molecule has 4 rings (SSSR count). The van der Waals surface area contributed by atoms with Gasteiger partial charge in [-0.05, 0) is 36.1 Å². The van der Waals surface area contributed by atoms with Gasteiger partial charge in [0, 0.05) is 17.1 Å². The van der Waals surface area contributed by atoms with E-state index in [1.165, 1.54) is 12.7 Å². The highest BCUT2D eigenvalue weighted by atomic mass is 16.5. The van der Waals surface area contributed by atoms with E-state index in [1.807, 2.05) is 66.7 Å². The molecule has 0 saturated heterocycles. The molecule has 0 atom stereocenters. The van der Waals surface area contributed by atoms with Crippen molar-refractivity contribution < 1.29 is 14.3 Å². The summed E-state index contributed by atoms with van der Waals surface area (Å²) < 4.78 is 6.44. The van der Waals surface area contributed by atoms with Gasteiger partial charge >= 0.3 is 5.97 Å². The highest BCUT2D eigenvalue weighted by Crippen LogP contribution is 2.24. The number of benzene rings is 3. The Morgan fingerprint density at radius 3 is 2.28 bits per heavy atom. The SMILES string of the molecule is COC(=O)c1cn(C(=O)c2ccccc2CCc2ccccc2)c2ccccc12. The Bertz CT molecular complexity index is 1180. The number of carbonyl (C=O) groups is 2. The smallest absolute Gasteiger partial charge is 0.340 e. The molecule has 4 nitrogen and oxygen atoms in total. The molecule has 0 radical (unpaired) electrons. The summed E-state index contributed by atoms with van der Waals surface area (Å²) in [6, 6.07) is 25.2. The van der Waals surface area contributed by atoms with Crippen molar-refractivity contribution in [2.24, 2.45) is 0 Å². The summed E-state index contributed by atoms with van der Waals surface area (Å²) in [7, 11) is 1.34. The van der Waals surface area contributed by atoms with Crippen molar-refractivity contribution in [3.63, 3.8) is 0 Å². The number of fused-ring (bicyclic) bond motifs is 1. The topological polar surface area (TPSA) is 48.3 Å². The maximum atomic E-state index is 13.4. The second-order valence-corrected chi connectivity index (χ2v) is 6.87. The Hall–Kier alpha value is -3.66. The molecule has 144 valence electrons. The van der Waals surface area contributed by atoms with Gasteiger partial charge in [-0.2, -0.15) is 0 Å². The van der Waals surface area contributed by atoms with Crippen LogP contribution in [0.2, 0.25) is 0 Å². The minimum Gasteiger partial charge on any atom is -0.465 e. The van der Waals surface area contributed by atoms with Gasteiger partial charge in [0.05, 0.1) is 18.2 Å². The Morgan fingerprint density at radius 2 is 1.48 bits per heavy atom. The van der Waals surface area contributed by atoms with Crippen molar-refractivity contribution in [1.29, 1.82) is 0 Å². The standard InChI is InChI=1S/C25H21NO3/c1-29-25(28)22-17-26(23-14-8-7-13-21(22)23)24(27)20-12-6-5-11-19(20)16-15-18-9-3-2-4-10-18/h2-14,17H,15-16H2,1H3. The molecule has 4 aromatic rings. The van der Waals surface area contributed by atoms with Crippen LogP contribution < -0.4 is 0 Å². The molecule has 4 heteroatoms. The van der Waals surface area contributed by atoms with Crippen LogP contribution in [0.3, 0.4) is 0 Å². The van der Waals surface area contributed by atoms with Crippen molar-refractivity contribution in [3.05, 3.63) is 107 Å². The summed E-state index contributed by atoms with van der Waals surface area (Å²) in [5, 5.41) is 0.703. The molecule has 0 aliphatic carbocycles. The number of nitrogens with zero attached hydrogens (tertiary/aromatic N) is 1. The molecule has 0 spiro atoms. The fourth-order valence-electron chi connectivity index (χ4n) is 3.62. The van der Waals surface area contributed by atoms with Crippen LogP contribution in [0, 0.1) is 0 Å². The van der Waals surface area contributed by atoms with Crippen molar-refractivity contribution in [1.82, 2.24) is 4.57 Å². The van der Waals surface area contributed by atoms with Crippen LogP contribution in [-0.4, -0.2) is 23.6 Å². The van der Waals surface area contributed by atoms with Crippen LogP contribution in [0.1, 0.15) is 31.8 Å². The van der Waals surface area contributed by atoms with E-state index >= 15 is 0 Å². The van der Waals surface area contributed by atoms with Crippen molar-refractivity contribution in [3.8, 4) is 0 Å². The lowest BCUT2D eigenvalue weighted by Crippen LogP contribution is -2.14. The number of methoxy groups -OCH3 is 1. The Kier molecular flexibility index (Phi) is 5.25. The van der Waals surface area contributed by atoms with E-state index in [0.29, 0.717) is 22.0 Å². The van der Waals surface area contributed by atoms with E-state index in [2.05, 4.69) is 12.1 Å². The van der Waals surface area contributed by atoms with Crippen molar-refractivity contribution in [2.45, 2.75) is 12.8 Å². The van der Waals surface area contributed by atoms with Gasteiger partial charge in [-0.1, -0.05) is 66.7 Å². The van der Waals surface area contributed by atoms with Gasteiger partial charge in [0.1, 0.15) is 0 Å². The highest BCUT2D eigenvalue weighted by molar-refractivity contribution is 6.10. The van der Waals surface area contributed by atoms with Crippen LogP contribution in [0.5, 0.6) is 0 Å². The highest BCUT2D eigenvalue weighted by Gasteiger charge is 2.20. The van der Waals surface area contributed by atoms with Crippen molar-refractivity contribution in [2.75, 3.05) is 7.11 Å². The second-order valence-electron chi connectivity index (χ2n) is 6.87. The second kappa shape index (κ2) is 8.15. The zero-order valence-electron chi connectivity index (χ0n) is 16.2. The summed E-state index contributed by atoms with van der Waals surface area (Å²) in [6.45, 7) is 0. The molecular formula is C25H21NO3. The lowest BCUT2D eigenvalue weighted by molar-refractivity contribution is 0.0603. The molecular weight excluding hydrogens is 362 g/mol. The summed E-state index contributed by atoms with van der Waals surface area (Å²) in [5.74, 6) is -0.606. The normalized spacial score (nSPS) is 10.8. The third-order valence-corrected chi connectivity index (χ3v) is 5.11. The average Bonchev–Trinajstić information content (AvgIpc) is 3.17. The van der Waals surface area contributed by atoms with Gasteiger partial charge in [0.15, 0.2) is 0 Å². The number of esters is 1. The average molecular weight is 383 g/mol.